The first kappa shape index (κ1) is 20.3. The fraction of sp³-hybridized carbons (Fsp3) is 0.600. The van der Waals surface area contributed by atoms with Crippen LogP contribution in [0.1, 0.15) is 56.1 Å². The number of rotatable bonds is 6. The molecule has 0 bridgehead atoms. The van der Waals surface area contributed by atoms with Gasteiger partial charge in [-0.25, -0.2) is 9.78 Å². The lowest BCUT2D eigenvalue weighted by Gasteiger charge is -2.25. The number of ether oxygens (including phenoxy) is 1. The van der Waals surface area contributed by atoms with Crippen LogP contribution in [0.25, 0.3) is 11.0 Å². The fourth-order valence-electron chi connectivity index (χ4n) is 3.62. The van der Waals surface area contributed by atoms with E-state index in [1.807, 2.05) is 27.7 Å². The summed E-state index contributed by atoms with van der Waals surface area (Å²) in [6.07, 6.45) is 0.925. The Labute approximate surface area is 163 Å². The van der Waals surface area contributed by atoms with Gasteiger partial charge in [-0.3, -0.25) is 19.1 Å². The van der Waals surface area contributed by atoms with Crippen LogP contribution >= 0.6 is 0 Å². The first-order valence-electron chi connectivity index (χ1n) is 9.92. The number of hydrogen-bond donors (Lipinski definition) is 1. The van der Waals surface area contributed by atoms with Crippen LogP contribution in [-0.4, -0.2) is 51.6 Å². The summed E-state index contributed by atoms with van der Waals surface area (Å²) < 4.78 is 6.83. The Morgan fingerprint density at radius 2 is 2.14 bits per heavy atom. The maximum atomic E-state index is 13.4. The SMILES string of the molecule is CCN(CC1CCOC1)C(=O)c1cc(C(C)C)nc2c1c(=O)[nH]c(=O)n2CC. The molecule has 1 amide bonds. The molecule has 3 rings (SSSR count). The number of carbonyl (C=O) groups excluding carboxylic acids is 1. The van der Waals surface area contributed by atoms with Crippen LogP contribution in [0.4, 0.5) is 0 Å². The maximum absolute atomic E-state index is 13.4. The Balaban J connectivity index is 2.18. The Morgan fingerprint density at radius 3 is 2.71 bits per heavy atom. The number of nitrogens with zero attached hydrogens (tertiary/aromatic N) is 3. The highest BCUT2D eigenvalue weighted by atomic mass is 16.5. The number of fused-ring (bicyclic) bond motifs is 1. The minimum atomic E-state index is -0.573. The number of aryl methyl sites for hydroxylation is 1. The summed E-state index contributed by atoms with van der Waals surface area (Å²) in [6, 6.07) is 1.70. The van der Waals surface area contributed by atoms with E-state index in [-0.39, 0.29) is 22.9 Å². The van der Waals surface area contributed by atoms with Gasteiger partial charge < -0.3 is 9.64 Å². The molecule has 1 N–H and O–H groups in total. The molecule has 1 aliphatic heterocycles. The molecule has 3 heterocycles. The predicted molar refractivity (Wildman–Crippen MR) is 107 cm³/mol. The van der Waals surface area contributed by atoms with E-state index >= 15 is 0 Å². The second-order valence-corrected chi connectivity index (χ2v) is 7.52. The number of carbonyl (C=O) groups is 1. The van der Waals surface area contributed by atoms with Crippen LogP contribution in [0.5, 0.6) is 0 Å². The average molecular weight is 388 g/mol. The number of aromatic nitrogens is 3. The Bertz CT molecular complexity index is 986. The Kier molecular flexibility index (Phi) is 5.98. The lowest BCUT2D eigenvalue weighted by molar-refractivity contribution is 0.0732. The highest BCUT2D eigenvalue weighted by Crippen LogP contribution is 2.22. The zero-order valence-corrected chi connectivity index (χ0v) is 16.9. The van der Waals surface area contributed by atoms with Crippen molar-refractivity contribution < 1.29 is 9.53 Å². The molecule has 0 saturated carbocycles. The van der Waals surface area contributed by atoms with Gasteiger partial charge in [-0.05, 0) is 32.3 Å². The van der Waals surface area contributed by atoms with Gasteiger partial charge >= 0.3 is 5.69 Å². The summed E-state index contributed by atoms with van der Waals surface area (Å²) in [4.78, 5) is 46.9. The summed E-state index contributed by atoms with van der Waals surface area (Å²) in [5, 5.41) is 0.178. The van der Waals surface area contributed by atoms with Crippen molar-refractivity contribution in [1.29, 1.82) is 0 Å². The summed E-state index contributed by atoms with van der Waals surface area (Å²) in [5.41, 5.74) is 0.172. The molecular weight excluding hydrogens is 360 g/mol. The van der Waals surface area contributed by atoms with Crippen LogP contribution in [0, 0.1) is 5.92 Å². The van der Waals surface area contributed by atoms with E-state index in [0.29, 0.717) is 50.0 Å². The molecule has 1 unspecified atom stereocenters. The van der Waals surface area contributed by atoms with Crippen molar-refractivity contribution in [3.05, 3.63) is 38.2 Å². The molecule has 28 heavy (non-hydrogen) atoms. The predicted octanol–water partition coefficient (Wildman–Crippen LogP) is 1.73. The molecule has 0 aliphatic carbocycles. The third-order valence-electron chi connectivity index (χ3n) is 5.28. The second-order valence-electron chi connectivity index (χ2n) is 7.52. The molecule has 1 aliphatic rings. The number of aromatic amines is 1. The molecule has 2 aromatic heterocycles. The topological polar surface area (TPSA) is 97.3 Å². The lowest BCUT2D eigenvalue weighted by atomic mass is 10.0. The van der Waals surface area contributed by atoms with Crippen molar-refractivity contribution in [2.24, 2.45) is 5.92 Å². The Hall–Kier alpha value is -2.48. The molecule has 1 fully saturated rings. The third-order valence-corrected chi connectivity index (χ3v) is 5.28. The number of H-pyrrole nitrogens is 1. The molecule has 8 nitrogen and oxygen atoms in total. The van der Waals surface area contributed by atoms with Gasteiger partial charge in [0.15, 0.2) is 5.65 Å². The smallest absolute Gasteiger partial charge is 0.329 e. The van der Waals surface area contributed by atoms with Crippen LogP contribution in [0.2, 0.25) is 0 Å². The number of amides is 1. The lowest BCUT2D eigenvalue weighted by Crippen LogP contribution is -2.37. The van der Waals surface area contributed by atoms with Gasteiger partial charge in [-0.15, -0.1) is 0 Å². The molecule has 1 saturated heterocycles. The summed E-state index contributed by atoms with van der Waals surface area (Å²) in [6.45, 7) is 10.5. The minimum absolute atomic E-state index is 0.0500. The van der Waals surface area contributed by atoms with Gasteiger partial charge in [0, 0.05) is 37.9 Å². The van der Waals surface area contributed by atoms with Crippen molar-refractivity contribution in [1.82, 2.24) is 19.4 Å². The Morgan fingerprint density at radius 1 is 1.39 bits per heavy atom. The first-order valence-corrected chi connectivity index (χ1v) is 9.92. The van der Waals surface area contributed by atoms with E-state index in [1.54, 1.807) is 11.0 Å². The van der Waals surface area contributed by atoms with Crippen LogP contribution in [0.3, 0.4) is 0 Å². The quantitative estimate of drug-likeness (QED) is 0.813. The van der Waals surface area contributed by atoms with Gasteiger partial charge in [0.25, 0.3) is 11.5 Å². The average Bonchev–Trinajstić information content (AvgIpc) is 3.18. The van der Waals surface area contributed by atoms with Gasteiger partial charge in [0.2, 0.25) is 0 Å². The molecule has 8 heteroatoms. The number of nitrogens with one attached hydrogen (secondary N) is 1. The third kappa shape index (κ3) is 3.73. The highest BCUT2D eigenvalue weighted by Gasteiger charge is 2.26. The summed E-state index contributed by atoms with van der Waals surface area (Å²) in [5.74, 6) is 0.137. The molecule has 0 aromatic carbocycles. The van der Waals surface area contributed by atoms with Crippen LogP contribution in [0.15, 0.2) is 15.7 Å². The molecular formula is C20H28N4O4. The van der Waals surface area contributed by atoms with Gasteiger partial charge in [0.1, 0.15) is 0 Å². The highest BCUT2D eigenvalue weighted by molar-refractivity contribution is 6.05. The number of hydrogen-bond acceptors (Lipinski definition) is 5. The fourth-order valence-corrected chi connectivity index (χ4v) is 3.62. The van der Waals surface area contributed by atoms with Crippen molar-refractivity contribution >= 4 is 16.9 Å². The van der Waals surface area contributed by atoms with Gasteiger partial charge in [-0.1, -0.05) is 13.8 Å². The normalized spacial score (nSPS) is 16.8. The summed E-state index contributed by atoms with van der Waals surface area (Å²) in [7, 11) is 0. The van der Waals surface area contributed by atoms with E-state index in [4.69, 9.17) is 4.74 Å². The largest absolute Gasteiger partial charge is 0.381 e. The number of pyridine rings is 1. The van der Waals surface area contributed by atoms with Crippen LogP contribution in [-0.2, 0) is 11.3 Å². The van der Waals surface area contributed by atoms with Crippen molar-refractivity contribution in [2.45, 2.75) is 46.6 Å². The van der Waals surface area contributed by atoms with E-state index in [9.17, 15) is 14.4 Å². The molecule has 0 spiro atoms. The van der Waals surface area contributed by atoms with E-state index in [2.05, 4.69) is 9.97 Å². The maximum Gasteiger partial charge on any atom is 0.329 e. The van der Waals surface area contributed by atoms with E-state index < -0.39 is 11.2 Å². The van der Waals surface area contributed by atoms with E-state index in [0.717, 1.165) is 6.42 Å². The zero-order valence-electron chi connectivity index (χ0n) is 16.9. The van der Waals surface area contributed by atoms with E-state index in [1.165, 1.54) is 4.57 Å². The molecule has 2 aromatic rings. The van der Waals surface area contributed by atoms with Crippen molar-refractivity contribution in [2.75, 3.05) is 26.3 Å². The van der Waals surface area contributed by atoms with Gasteiger partial charge in [-0.2, -0.15) is 0 Å². The molecule has 1 atom stereocenters. The molecule has 0 radical (unpaired) electrons. The zero-order chi connectivity index (χ0) is 20.4. The first-order chi connectivity index (χ1) is 13.4. The van der Waals surface area contributed by atoms with Crippen molar-refractivity contribution in [3.8, 4) is 0 Å². The summed E-state index contributed by atoms with van der Waals surface area (Å²) >= 11 is 0. The minimum Gasteiger partial charge on any atom is -0.381 e. The molecule has 152 valence electrons. The van der Waals surface area contributed by atoms with Crippen LogP contribution < -0.4 is 11.2 Å². The van der Waals surface area contributed by atoms with Gasteiger partial charge in [0.05, 0.1) is 17.6 Å². The second kappa shape index (κ2) is 8.26. The monoisotopic (exact) mass is 388 g/mol. The van der Waals surface area contributed by atoms with Crippen molar-refractivity contribution in [3.63, 3.8) is 0 Å². The standard InChI is InChI=1S/C20H28N4O4/c1-5-23(10-13-7-8-28-11-13)19(26)14-9-15(12(3)4)21-17-16(14)18(25)22-20(27)24(17)6-2/h9,12-13H,5-8,10-11H2,1-4H3,(H,22,25,27).